The zero-order chi connectivity index (χ0) is 17.2. The normalized spacial score (nSPS) is 32.9. The van der Waals surface area contributed by atoms with Crippen LogP contribution in [0.5, 0.6) is 0 Å². The lowest BCUT2D eigenvalue weighted by molar-refractivity contribution is -0.115. The van der Waals surface area contributed by atoms with Gasteiger partial charge in [-0.3, -0.25) is 4.79 Å². The minimum Gasteiger partial charge on any atom is -0.504 e. The molecule has 2 N–H and O–H groups in total. The third kappa shape index (κ3) is 2.25. The molecule has 0 saturated heterocycles. The summed E-state index contributed by atoms with van der Waals surface area (Å²) in [6.07, 6.45) is 6.86. The molecular formula is C20H26O3. The first-order chi connectivity index (χ1) is 10.6. The van der Waals surface area contributed by atoms with Gasteiger partial charge in [0.2, 0.25) is 5.78 Å². The third-order valence-corrected chi connectivity index (χ3v) is 5.63. The fourth-order valence-electron chi connectivity index (χ4n) is 4.75. The van der Waals surface area contributed by atoms with E-state index in [4.69, 9.17) is 0 Å². The Morgan fingerprint density at radius 1 is 1.17 bits per heavy atom. The summed E-state index contributed by atoms with van der Waals surface area (Å²) in [6.45, 7) is 10.2. The Labute approximate surface area is 138 Å². The van der Waals surface area contributed by atoms with Crippen molar-refractivity contribution in [3.63, 3.8) is 0 Å². The van der Waals surface area contributed by atoms with E-state index in [-0.39, 0.29) is 22.9 Å². The van der Waals surface area contributed by atoms with Crippen molar-refractivity contribution in [1.82, 2.24) is 0 Å². The maximum atomic E-state index is 12.6. The van der Waals surface area contributed by atoms with Gasteiger partial charge in [-0.2, -0.15) is 0 Å². The molecule has 3 aliphatic rings. The van der Waals surface area contributed by atoms with Gasteiger partial charge < -0.3 is 10.2 Å². The molecule has 0 amide bonds. The van der Waals surface area contributed by atoms with E-state index in [1.165, 1.54) is 5.57 Å². The van der Waals surface area contributed by atoms with E-state index < -0.39 is 11.5 Å². The van der Waals surface area contributed by atoms with Gasteiger partial charge in [0.1, 0.15) is 0 Å². The Hall–Kier alpha value is -1.61. The summed E-state index contributed by atoms with van der Waals surface area (Å²) in [5.41, 5.74) is 2.78. The first-order valence-corrected chi connectivity index (χ1v) is 8.39. The molecule has 0 aromatic heterocycles. The van der Waals surface area contributed by atoms with Crippen LogP contribution >= 0.6 is 0 Å². The molecule has 0 aliphatic heterocycles. The lowest BCUT2D eigenvalue weighted by Gasteiger charge is -2.51. The SMILES string of the molecule is CC(C)C1=CC2=CC=C3C(C)(C)C[C@H](O)C[C@]3(C)C2=C(O)C1=O. The summed E-state index contributed by atoms with van der Waals surface area (Å²) in [7, 11) is 0. The van der Waals surface area contributed by atoms with Gasteiger partial charge >= 0.3 is 0 Å². The van der Waals surface area contributed by atoms with Gasteiger partial charge in [0.05, 0.1) is 6.10 Å². The van der Waals surface area contributed by atoms with Crippen molar-refractivity contribution in [1.29, 1.82) is 0 Å². The number of hydrogen-bond donors (Lipinski definition) is 2. The fourth-order valence-corrected chi connectivity index (χ4v) is 4.75. The summed E-state index contributed by atoms with van der Waals surface area (Å²) >= 11 is 0. The van der Waals surface area contributed by atoms with E-state index in [0.717, 1.165) is 5.57 Å². The van der Waals surface area contributed by atoms with Crippen LogP contribution in [0, 0.1) is 16.7 Å². The molecular weight excluding hydrogens is 288 g/mol. The van der Waals surface area contributed by atoms with Crippen molar-refractivity contribution in [3.05, 3.63) is 46.3 Å². The predicted octanol–water partition coefficient (Wildman–Crippen LogP) is 4.02. The number of carbonyl (C=O) groups excluding carboxylic acids is 1. The van der Waals surface area contributed by atoms with E-state index >= 15 is 0 Å². The van der Waals surface area contributed by atoms with Crippen molar-refractivity contribution >= 4 is 5.78 Å². The first kappa shape index (κ1) is 16.3. The monoisotopic (exact) mass is 314 g/mol. The number of hydrogen-bond acceptors (Lipinski definition) is 3. The number of aliphatic hydroxyl groups excluding tert-OH is 2. The second-order valence-corrected chi connectivity index (χ2v) is 8.29. The molecule has 0 bridgehead atoms. The maximum Gasteiger partial charge on any atom is 0.223 e. The molecule has 0 aromatic carbocycles. The minimum absolute atomic E-state index is 0.0682. The van der Waals surface area contributed by atoms with Crippen LogP contribution in [-0.4, -0.2) is 22.1 Å². The summed E-state index contributed by atoms with van der Waals surface area (Å²) in [5.74, 6) is -0.341. The minimum atomic E-state index is -0.496. The Balaban J connectivity index is 2.23. The van der Waals surface area contributed by atoms with Crippen LogP contribution in [0.15, 0.2) is 46.3 Å². The van der Waals surface area contributed by atoms with Gasteiger partial charge in [-0.1, -0.05) is 52.3 Å². The van der Waals surface area contributed by atoms with E-state index in [2.05, 4.69) is 19.9 Å². The number of aliphatic hydroxyl groups is 2. The summed E-state index contributed by atoms with van der Waals surface area (Å²) in [5, 5.41) is 21.1. The predicted molar refractivity (Wildman–Crippen MR) is 90.9 cm³/mol. The number of allylic oxidation sites excluding steroid dienone is 7. The lowest BCUT2D eigenvalue weighted by Crippen LogP contribution is -2.44. The van der Waals surface area contributed by atoms with E-state index in [0.29, 0.717) is 24.0 Å². The maximum absolute atomic E-state index is 12.6. The third-order valence-electron chi connectivity index (χ3n) is 5.63. The van der Waals surface area contributed by atoms with Gasteiger partial charge in [0.15, 0.2) is 5.76 Å². The number of rotatable bonds is 1. The van der Waals surface area contributed by atoms with Crippen LogP contribution in [0.2, 0.25) is 0 Å². The molecule has 0 unspecified atom stereocenters. The van der Waals surface area contributed by atoms with Crippen LogP contribution in [0.4, 0.5) is 0 Å². The fraction of sp³-hybridized carbons (Fsp3) is 0.550. The Bertz CT molecular complexity index is 700. The second-order valence-electron chi connectivity index (χ2n) is 8.29. The molecule has 124 valence electrons. The van der Waals surface area contributed by atoms with Gasteiger partial charge in [-0.25, -0.2) is 0 Å². The number of Topliss-reactive ketones (excluding diaryl/α,β-unsaturated/α-hetero) is 1. The molecule has 0 radical (unpaired) electrons. The van der Waals surface area contributed by atoms with Crippen LogP contribution < -0.4 is 0 Å². The molecule has 3 rings (SSSR count). The second kappa shape index (κ2) is 4.94. The molecule has 0 aromatic rings. The van der Waals surface area contributed by atoms with Crippen LogP contribution in [-0.2, 0) is 4.79 Å². The van der Waals surface area contributed by atoms with Crippen LogP contribution in [0.3, 0.4) is 0 Å². The first-order valence-electron chi connectivity index (χ1n) is 8.39. The standard InChI is InChI=1S/C20H26O3/c1-11(2)14-8-12-6-7-15-19(3,4)9-13(21)10-20(15,5)16(12)18(23)17(14)22/h6-8,11,13,21,23H,9-10H2,1-5H3/t13-,20-/m0/s1. The highest BCUT2D eigenvalue weighted by molar-refractivity contribution is 6.10. The van der Waals surface area contributed by atoms with Crippen LogP contribution in [0.1, 0.15) is 47.5 Å². The summed E-state index contributed by atoms with van der Waals surface area (Å²) < 4.78 is 0. The smallest absolute Gasteiger partial charge is 0.223 e. The molecule has 2 atom stereocenters. The Morgan fingerprint density at radius 2 is 1.83 bits per heavy atom. The van der Waals surface area contributed by atoms with Gasteiger partial charge in [0, 0.05) is 16.6 Å². The van der Waals surface area contributed by atoms with Gasteiger partial charge in [-0.15, -0.1) is 0 Å². The van der Waals surface area contributed by atoms with Crippen molar-refractivity contribution in [2.24, 2.45) is 16.7 Å². The van der Waals surface area contributed by atoms with Crippen molar-refractivity contribution in [2.45, 2.75) is 53.6 Å². The molecule has 3 heteroatoms. The zero-order valence-corrected chi connectivity index (χ0v) is 14.6. The number of carbonyl (C=O) groups is 1. The topological polar surface area (TPSA) is 57.5 Å². The molecule has 3 nitrogen and oxygen atoms in total. The summed E-state index contributed by atoms with van der Waals surface area (Å²) in [6, 6.07) is 0. The molecule has 0 spiro atoms. The van der Waals surface area contributed by atoms with Crippen molar-refractivity contribution < 1.29 is 15.0 Å². The number of ketones is 1. The highest BCUT2D eigenvalue weighted by Crippen LogP contribution is 2.58. The van der Waals surface area contributed by atoms with E-state index in [9.17, 15) is 15.0 Å². The Kier molecular flexibility index (Phi) is 3.49. The quantitative estimate of drug-likeness (QED) is 0.768. The van der Waals surface area contributed by atoms with E-state index in [1.807, 2.05) is 32.9 Å². The molecule has 3 aliphatic carbocycles. The van der Waals surface area contributed by atoms with Gasteiger partial charge in [0.25, 0.3) is 0 Å². The Morgan fingerprint density at radius 3 is 2.43 bits per heavy atom. The van der Waals surface area contributed by atoms with Crippen molar-refractivity contribution in [2.75, 3.05) is 0 Å². The highest BCUT2D eigenvalue weighted by atomic mass is 16.3. The van der Waals surface area contributed by atoms with Gasteiger partial charge in [-0.05, 0) is 35.8 Å². The average molecular weight is 314 g/mol. The molecule has 1 saturated carbocycles. The van der Waals surface area contributed by atoms with Crippen molar-refractivity contribution in [3.8, 4) is 0 Å². The average Bonchev–Trinajstić information content (AvgIpc) is 2.39. The largest absolute Gasteiger partial charge is 0.504 e. The highest BCUT2D eigenvalue weighted by Gasteiger charge is 2.51. The zero-order valence-electron chi connectivity index (χ0n) is 14.6. The molecule has 23 heavy (non-hydrogen) atoms. The lowest BCUT2D eigenvalue weighted by atomic mass is 9.53. The molecule has 0 heterocycles. The summed E-state index contributed by atoms with van der Waals surface area (Å²) in [4.78, 5) is 12.6. The molecule has 1 fully saturated rings. The number of fused-ring (bicyclic) bond motifs is 3. The van der Waals surface area contributed by atoms with Crippen LogP contribution in [0.25, 0.3) is 0 Å². The van der Waals surface area contributed by atoms with E-state index in [1.54, 1.807) is 0 Å².